The highest BCUT2D eigenvalue weighted by Crippen LogP contribution is 2.21. The molecule has 9 nitrogen and oxygen atoms in total. The summed E-state index contributed by atoms with van der Waals surface area (Å²) in [6.07, 6.45) is 0. The molecule has 2 N–H and O–H groups in total. The Morgan fingerprint density at radius 3 is 2.50 bits per heavy atom. The number of nitrogens with one attached hydrogen (secondary N) is 2. The molecule has 1 amide bonds. The fraction of sp³-hybridized carbons (Fsp3) is 0.500. The van der Waals surface area contributed by atoms with Crippen molar-refractivity contribution in [3.05, 3.63) is 21.7 Å². The van der Waals surface area contributed by atoms with Gasteiger partial charge in [-0.2, -0.15) is 4.98 Å². The van der Waals surface area contributed by atoms with Crippen LogP contribution in [0.5, 0.6) is 0 Å². The number of H-pyrrole nitrogens is 1. The van der Waals surface area contributed by atoms with E-state index in [4.69, 9.17) is 4.74 Å². The van der Waals surface area contributed by atoms with Crippen LogP contribution < -0.4 is 11.0 Å². The van der Waals surface area contributed by atoms with Crippen molar-refractivity contribution in [2.45, 2.75) is 25.8 Å². The van der Waals surface area contributed by atoms with Crippen molar-refractivity contribution in [3.63, 3.8) is 0 Å². The second-order valence-electron chi connectivity index (χ2n) is 4.44. The van der Waals surface area contributed by atoms with Crippen LogP contribution in [-0.2, 0) is 19.1 Å². The normalized spacial score (nSPS) is 10.1. The summed E-state index contributed by atoms with van der Waals surface area (Å²) in [5.41, 5.74) is -0.211. The number of carbonyl (C=O) groups excluding carboxylic acids is 3. The number of carbonyl (C=O) groups is 3. The van der Waals surface area contributed by atoms with Gasteiger partial charge in [0.15, 0.2) is 0 Å². The van der Waals surface area contributed by atoms with Crippen molar-refractivity contribution in [2.75, 3.05) is 25.5 Å². The molecule has 1 heterocycles. The predicted octanol–water partition coefficient (Wildman–Crippen LogP) is 0.0264. The molecule has 0 aliphatic carbocycles. The van der Waals surface area contributed by atoms with E-state index in [-0.39, 0.29) is 36.1 Å². The number of aromatic amines is 1. The maximum absolute atomic E-state index is 12.0. The number of thioether (sulfide) groups is 1. The number of aryl methyl sites for hydroxylation is 1. The standard InChI is InChI=1S/C14H19N3O6S/c1-4-22-10(19)6-15-9(18)7-24-12-11(13(20)23-5-2)8(3)16-14(21)17-12/h4-7H2,1-3H3,(H,15,18)(H,16,17,21). The van der Waals surface area contributed by atoms with Gasteiger partial charge in [0.25, 0.3) is 0 Å². The molecule has 1 aromatic rings. The van der Waals surface area contributed by atoms with E-state index >= 15 is 0 Å². The van der Waals surface area contributed by atoms with Gasteiger partial charge in [-0.05, 0) is 20.8 Å². The molecule has 0 aliphatic rings. The van der Waals surface area contributed by atoms with Gasteiger partial charge in [-0.15, -0.1) is 0 Å². The summed E-state index contributed by atoms with van der Waals surface area (Å²) in [6.45, 7) is 5.00. The van der Waals surface area contributed by atoms with Gasteiger partial charge in [-0.25, -0.2) is 9.59 Å². The van der Waals surface area contributed by atoms with E-state index in [9.17, 15) is 19.2 Å². The number of nitrogens with zero attached hydrogens (tertiary/aromatic N) is 1. The van der Waals surface area contributed by atoms with E-state index in [1.54, 1.807) is 20.8 Å². The Bertz CT molecular complexity index is 673. The number of amides is 1. The van der Waals surface area contributed by atoms with E-state index in [1.165, 1.54) is 0 Å². The zero-order chi connectivity index (χ0) is 18.1. The molecule has 0 unspecified atom stereocenters. The molecular weight excluding hydrogens is 338 g/mol. The van der Waals surface area contributed by atoms with E-state index < -0.39 is 23.5 Å². The molecule has 0 spiro atoms. The third-order valence-corrected chi connectivity index (χ3v) is 3.62. The SMILES string of the molecule is CCOC(=O)CNC(=O)CSc1nc(=O)[nH]c(C)c1C(=O)OCC. The van der Waals surface area contributed by atoms with Crippen molar-refractivity contribution in [1.29, 1.82) is 0 Å². The van der Waals surface area contributed by atoms with Crippen LogP contribution in [0.4, 0.5) is 0 Å². The zero-order valence-corrected chi connectivity index (χ0v) is 14.4. The fourth-order valence-corrected chi connectivity index (χ4v) is 2.57. The lowest BCUT2D eigenvalue weighted by atomic mass is 10.2. The molecular formula is C14H19N3O6S. The van der Waals surface area contributed by atoms with Crippen molar-refractivity contribution >= 4 is 29.6 Å². The highest BCUT2D eigenvalue weighted by atomic mass is 32.2. The molecule has 1 aromatic heterocycles. The van der Waals surface area contributed by atoms with Crippen LogP contribution in [0, 0.1) is 6.92 Å². The van der Waals surface area contributed by atoms with Crippen LogP contribution in [-0.4, -0.2) is 53.3 Å². The molecule has 0 radical (unpaired) electrons. The summed E-state index contributed by atoms with van der Waals surface area (Å²) in [4.78, 5) is 52.5. The minimum atomic E-state index is -0.631. The monoisotopic (exact) mass is 357 g/mol. The van der Waals surface area contributed by atoms with Crippen LogP contribution in [0.2, 0.25) is 0 Å². The topological polar surface area (TPSA) is 127 Å². The predicted molar refractivity (Wildman–Crippen MR) is 85.9 cm³/mol. The van der Waals surface area contributed by atoms with Gasteiger partial charge in [-0.3, -0.25) is 9.59 Å². The van der Waals surface area contributed by atoms with Gasteiger partial charge in [0, 0.05) is 5.69 Å². The number of esters is 2. The van der Waals surface area contributed by atoms with Crippen molar-refractivity contribution in [2.24, 2.45) is 0 Å². The van der Waals surface area contributed by atoms with E-state index in [1.807, 2.05) is 0 Å². The molecule has 1 rings (SSSR count). The molecule has 0 aliphatic heterocycles. The summed E-state index contributed by atoms with van der Waals surface area (Å²) < 4.78 is 9.61. The molecule has 0 aromatic carbocycles. The maximum atomic E-state index is 12.0. The Kier molecular flexibility index (Phi) is 7.96. The third-order valence-electron chi connectivity index (χ3n) is 2.64. The van der Waals surface area contributed by atoms with E-state index in [0.29, 0.717) is 5.69 Å². The van der Waals surface area contributed by atoms with Crippen LogP contribution in [0.1, 0.15) is 29.9 Å². The smallest absolute Gasteiger partial charge is 0.346 e. The lowest BCUT2D eigenvalue weighted by Gasteiger charge is -2.10. The molecule has 0 saturated carbocycles. The average molecular weight is 357 g/mol. The van der Waals surface area contributed by atoms with Gasteiger partial charge in [0.05, 0.1) is 19.0 Å². The second-order valence-corrected chi connectivity index (χ2v) is 5.40. The van der Waals surface area contributed by atoms with Crippen molar-refractivity contribution in [1.82, 2.24) is 15.3 Å². The Morgan fingerprint density at radius 2 is 1.88 bits per heavy atom. The first kappa shape index (κ1) is 19.7. The number of hydrogen-bond acceptors (Lipinski definition) is 8. The molecule has 0 atom stereocenters. The molecule has 0 saturated heterocycles. The Balaban J connectivity index is 2.76. The van der Waals surface area contributed by atoms with Gasteiger partial charge in [0.1, 0.15) is 17.1 Å². The van der Waals surface area contributed by atoms with Crippen LogP contribution in [0.3, 0.4) is 0 Å². The summed E-state index contributed by atoms with van der Waals surface area (Å²) in [5, 5.41) is 2.47. The summed E-state index contributed by atoms with van der Waals surface area (Å²) in [5.74, 6) is -1.76. The van der Waals surface area contributed by atoms with Gasteiger partial charge in [0.2, 0.25) is 5.91 Å². The van der Waals surface area contributed by atoms with Gasteiger partial charge in [-0.1, -0.05) is 11.8 Å². The van der Waals surface area contributed by atoms with E-state index in [2.05, 4.69) is 20.0 Å². The Hall–Kier alpha value is -2.36. The zero-order valence-electron chi connectivity index (χ0n) is 13.6. The first-order valence-corrected chi connectivity index (χ1v) is 8.20. The first-order chi connectivity index (χ1) is 11.4. The highest BCUT2D eigenvalue weighted by molar-refractivity contribution is 8.00. The lowest BCUT2D eigenvalue weighted by Crippen LogP contribution is -2.32. The van der Waals surface area contributed by atoms with Gasteiger partial charge < -0.3 is 19.8 Å². The van der Waals surface area contributed by atoms with Crippen LogP contribution in [0.15, 0.2) is 9.82 Å². The number of rotatable bonds is 8. The van der Waals surface area contributed by atoms with E-state index in [0.717, 1.165) is 11.8 Å². The maximum Gasteiger partial charge on any atom is 0.346 e. The lowest BCUT2D eigenvalue weighted by molar-refractivity contribution is -0.143. The molecule has 132 valence electrons. The number of ether oxygens (including phenoxy) is 2. The first-order valence-electron chi connectivity index (χ1n) is 7.22. The largest absolute Gasteiger partial charge is 0.465 e. The number of aromatic nitrogens is 2. The summed E-state index contributed by atoms with van der Waals surface area (Å²) >= 11 is 0.907. The minimum absolute atomic E-state index is 0.0981. The second kappa shape index (κ2) is 9.71. The molecule has 10 heteroatoms. The quantitative estimate of drug-likeness (QED) is 0.379. The van der Waals surface area contributed by atoms with Crippen LogP contribution >= 0.6 is 11.8 Å². The molecule has 0 fully saturated rings. The minimum Gasteiger partial charge on any atom is -0.465 e. The van der Waals surface area contributed by atoms with Gasteiger partial charge >= 0.3 is 17.6 Å². The van der Waals surface area contributed by atoms with Crippen molar-refractivity contribution < 1.29 is 23.9 Å². The Morgan fingerprint density at radius 1 is 1.21 bits per heavy atom. The number of hydrogen-bond donors (Lipinski definition) is 2. The average Bonchev–Trinajstić information content (AvgIpc) is 2.50. The summed E-state index contributed by atoms with van der Waals surface area (Å²) in [7, 11) is 0. The fourth-order valence-electron chi connectivity index (χ4n) is 1.68. The van der Waals surface area contributed by atoms with Crippen molar-refractivity contribution in [3.8, 4) is 0 Å². The van der Waals surface area contributed by atoms with Crippen LogP contribution in [0.25, 0.3) is 0 Å². The highest BCUT2D eigenvalue weighted by Gasteiger charge is 2.20. The Labute approximate surface area is 142 Å². The third kappa shape index (κ3) is 6.03. The molecule has 24 heavy (non-hydrogen) atoms. The summed E-state index contributed by atoms with van der Waals surface area (Å²) in [6, 6.07) is 0. The molecule has 0 bridgehead atoms.